The summed E-state index contributed by atoms with van der Waals surface area (Å²) < 4.78 is 6.05. The van der Waals surface area contributed by atoms with Crippen LogP contribution in [0.1, 0.15) is 13.3 Å². The molecular formula is C10H13BrO3. The molecule has 2 N–H and O–H groups in total. The Morgan fingerprint density at radius 3 is 2.36 bits per heavy atom. The molecule has 0 heterocycles. The number of aliphatic hydroxyl groups is 2. The molecule has 0 unspecified atom stereocenters. The Hall–Kier alpha value is -0.580. The normalized spacial score (nSPS) is 14.9. The van der Waals surface area contributed by atoms with E-state index >= 15 is 0 Å². The number of aliphatic hydroxyl groups excluding tert-OH is 2. The molecule has 1 rings (SSSR count). The van der Waals surface area contributed by atoms with Crippen LogP contribution in [0.4, 0.5) is 0 Å². The second kappa shape index (κ2) is 5.34. The lowest BCUT2D eigenvalue weighted by molar-refractivity contribution is -0.104. The molecule has 2 atom stereocenters. The Morgan fingerprint density at radius 2 is 1.86 bits per heavy atom. The first-order chi connectivity index (χ1) is 6.63. The third-order valence-electron chi connectivity index (χ3n) is 1.82. The molecule has 0 saturated carbocycles. The molecule has 78 valence electrons. The van der Waals surface area contributed by atoms with Crippen molar-refractivity contribution in [2.24, 2.45) is 0 Å². The summed E-state index contributed by atoms with van der Waals surface area (Å²) in [5, 5.41) is 18.6. The van der Waals surface area contributed by atoms with Gasteiger partial charge in [0.2, 0.25) is 6.29 Å². The summed E-state index contributed by atoms with van der Waals surface area (Å²) in [6.07, 6.45) is -1.56. The Labute approximate surface area is 91.5 Å². The molecule has 1 aromatic rings. The van der Waals surface area contributed by atoms with Crippen LogP contribution in [0.25, 0.3) is 0 Å². The van der Waals surface area contributed by atoms with Gasteiger partial charge < -0.3 is 14.9 Å². The highest BCUT2D eigenvalue weighted by Crippen LogP contribution is 2.17. The van der Waals surface area contributed by atoms with E-state index in [9.17, 15) is 10.2 Å². The minimum atomic E-state index is -1.17. The fourth-order valence-corrected chi connectivity index (χ4v) is 1.20. The molecule has 0 aliphatic heterocycles. The molecule has 0 fully saturated rings. The summed E-state index contributed by atoms with van der Waals surface area (Å²) in [6.45, 7) is 1.78. The van der Waals surface area contributed by atoms with Crippen molar-refractivity contribution < 1.29 is 14.9 Å². The average Bonchev–Trinajstić information content (AvgIpc) is 2.20. The summed E-state index contributed by atoms with van der Waals surface area (Å²) >= 11 is 3.29. The first kappa shape index (κ1) is 11.5. The fraction of sp³-hybridized carbons (Fsp3) is 0.400. The average molecular weight is 261 g/mol. The maximum absolute atomic E-state index is 9.36. The van der Waals surface area contributed by atoms with Gasteiger partial charge in [0.05, 0.1) is 0 Å². The highest BCUT2D eigenvalue weighted by atomic mass is 79.9. The van der Waals surface area contributed by atoms with Crippen molar-refractivity contribution in [1.82, 2.24) is 0 Å². The number of halogens is 1. The van der Waals surface area contributed by atoms with Gasteiger partial charge in [-0.2, -0.15) is 0 Å². The first-order valence-electron chi connectivity index (χ1n) is 4.42. The maximum Gasteiger partial charge on any atom is 0.223 e. The summed E-state index contributed by atoms with van der Waals surface area (Å²) in [6, 6.07) is 7.05. The predicted octanol–water partition coefficient (Wildman–Crippen LogP) is 1.92. The molecule has 0 bridgehead atoms. The summed E-state index contributed by atoms with van der Waals surface area (Å²) in [5.41, 5.74) is 0. The smallest absolute Gasteiger partial charge is 0.223 e. The second-order valence-corrected chi connectivity index (χ2v) is 3.85. The van der Waals surface area contributed by atoms with Crippen molar-refractivity contribution in [3.8, 4) is 5.75 Å². The molecule has 0 saturated heterocycles. The zero-order valence-corrected chi connectivity index (χ0v) is 9.44. The molecule has 4 heteroatoms. The quantitative estimate of drug-likeness (QED) is 0.814. The standard InChI is InChI=1S/C10H13BrO3/c1-2-9(12)10(13)14-8-5-3-7(11)4-6-8/h3-6,9-10,12-13H,2H2,1H3/t9-,10+/m1/s1. The molecule has 0 aliphatic rings. The van der Waals surface area contributed by atoms with Crippen LogP contribution >= 0.6 is 15.9 Å². The number of benzene rings is 1. The summed E-state index contributed by atoms with van der Waals surface area (Å²) in [7, 11) is 0. The first-order valence-corrected chi connectivity index (χ1v) is 5.21. The van der Waals surface area contributed by atoms with Crippen LogP contribution in [0, 0.1) is 0 Å². The molecule has 14 heavy (non-hydrogen) atoms. The van der Waals surface area contributed by atoms with E-state index in [0.29, 0.717) is 12.2 Å². The van der Waals surface area contributed by atoms with Crippen molar-refractivity contribution in [3.63, 3.8) is 0 Å². The van der Waals surface area contributed by atoms with Crippen LogP contribution in [-0.2, 0) is 0 Å². The minimum absolute atomic E-state index is 0.456. The molecule has 0 radical (unpaired) electrons. The van der Waals surface area contributed by atoms with Crippen molar-refractivity contribution in [2.45, 2.75) is 25.7 Å². The number of hydrogen-bond donors (Lipinski definition) is 2. The van der Waals surface area contributed by atoms with Gasteiger partial charge in [-0.25, -0.2) is 0 Å². The summed E-state index contributed by atoms with van der Waals surface area (Å²) in [5.74, 6) is 0.535. The Balaban J connectivity index is 2.56. The van der Waals surface area contributed by atoms with Gasteiger partial charge in [-0.05, 0) is 30.7 Å². The van der Waals surface area contributed by atoms with Crippen molar-refractivity contribution in [1.29, 1.82) is 0 Å². The van der Waals surface area contributed by atoms with Crippen LogP contribution < -0.4 is 4.74 Å². The number of hydrogen-bond acceptors (Lipinski definition) is 3. The predicted molar refractivity (Wildman–Crippen MR) is 57.1 cm³/mol. The van der Waals surface area contributed by atoms with Gasteiger partial charge in [0, 0.05) is 4.47 Å². The van der Waals surface area contributed by atoms with Crippen LogP contribution in [-0.4, -0.2) is 22.6 Å². The van der Waals surface area contributed by atoms with E-state index in [1.807, 2.05) is 0 Å². The van der Waals surface area contributed by atoms with Crippen LogP contribution in [0.3, 0.4) is 0 Å². The zero-order valence-electron chi connectivity index (χ0n) is 7.85. The van der Waals surface area contributed by atoms with E-state index in [-0.39, 0.29) is 0 Å². The van der Waals surface area contributed by atoms with Gasteiger partial charge in [0.1, 0.15) is 11.9 Å². The molecule has 0 aromatic heterocycles. The lowest BCUT2D eigenvalue weighted by Gasteiger charge is -2.17. The van der Waals surface area contributed by atoms with E-state index in [4.69, 9.17) is 4.74 Å². The summed E-state index contributed by atoms with van der Waals surface area (Å²) in [4.78, 5) is 0. The van der Waals surface area contributed by atoms with Gasteiger partial charge in [-0.3, -0.25) is 0 Å². The highest BCUT2D eigenvalue weighted by molar-refractivity contribution is 9.10. The van der Waals surface area contributed by atoms with Crippen LogP contribution in [0.15, 0.2) is 28.7 Å². The lowest BCUT2D eigenvalue weighted by Crippen LogP contribution is -2.30. The number of ether oxygens (including phenoxy) is 1. The molecule has 0 amide bonds. The van der Waals surface area contributed by atoms with Crippen molar-refractivity contribution in [2.75, 3.05) is 0 Å². The molecule has 0 spiro atoms. The van der Waals surface area contributed by atoms with E-state index in [1.54, 1.807) is 31.2 Å². The molecule has 3 nitrogen and oxygen atoms in total. The van der Waals surface area contributed by atoms with Crippen molar-refractivity contribution >= 4 is 15.9 Å². The second-order valence-electron chi connectivity index (χ2n) is 2.94. The lowest BCUT2D eigenvalue weighted by atomic mass is 10.3. The maximum atomic E-state index is 9.36. The Bertz CT molecular complexity index is 273. The number of rotatable bonds is 4. The third-order valence-corrected chi connectivity index (χ3v) is 2.35. The fourth-order valence-electron chi connectivity index (χ4n) is 0.933. The SMILES string of the molecule is CC[C@@H](O)[C@@H](O)Oc1ccc(Br)cc1. The zero-order chi connectivity index (χ0) is 10.6. The minimum Gasteiger partial charge on any atom is -0.462 e. The Kier molecular flexibility index (Phi) is 4.38. The third kappa shape index (κ3) is 3.29. The van der Waals surface area contributed by atoms with Gasteiger partial charge in [-0.15, -0.1) is 0 Å². The largest absolute Gasteiger partial charge is 0.462 e. The van der Waals surface area contributed by atoms with E-state index in [1.165, 1.54) is 0 Å². The van der Waals surface area contributed by atoms with E-state index < -0.39 is 12.4 Å². The van der Waals surface area contributed by atoms with E-state index in [0.717, 1.165) is 4.47 Å². The monoisotopic (exact) mass is 260 g/mol. The van der Waals surface area contributed by atoms with Gasteiger partial charge >= 0.3 is 0 Å². The van der Waals surface area contributed by atoms with Gasteiger partial charge in [0.25, 0.3) is 0 Å². The molecule has 1 aromatic carbocycles. The molecular weight excluding hydrogens is 248 g/mol. The highest BCUT2D eigenvalue weighted by Gasteiger charge is 2.15. The topological polar surface area (TPSA) is 49.7 Å². The molecule has 0 aliphatic carbocycles. The van der Waals surface area contributed by atoms with Gasteiger partial charge in [0.15, 0.2) is 0 Å². The van der Waals surface area contributed by atoms with E-state index in [2.05, 4.69) is 15.9 Å². The van der Waals surface area contributed by atoms with Crippen LogP contribution in [0.2, 0.25) is 0 Å². The van der Waals surface area contributed by atoms with Crippen molar-refractivity contribution in [3.05, 3.63) is 28.7 Å². The Morgan fingerprint density at radius 1 is 1.29 bits per heavy atom. The van der Waals surface area contributed by atoms with Crippen LogP contribution in [0.5, 0.6) is 5.75 Å². The van der Waals surface area contributed by atoms with Gasteiger partial charge in [-0.1, -0.05) is 22.9 Å².